The van der Waals surface area contributed by atoms with Crippen LogP contribution in [-0.4, -0.2) is 16.3 Å². The van der Waals surface area contributed by atoms with Crippen LogP contribution in [0.5, 0.6) is 11.5 Å². The highest BCUT2D eigenvalue weighted by Crippen LogP contribution is 2.24. The molecule has 2 aromatic carbocycles. The largest absolute Gasteiger partial charge is 0.457 e. The van der Waals surface area contributed by atoms with E-state index in [1.807, 2.05) is 30.3 Å². The highest BCUT2D eigenvalue weighted by Gasteiger charge is 2.16. The average molecular weight is 272 g/mol. The molecule has 1 unspecified atom stereocenters. The number of ether oxygens (including phenoxy) is 1. The molecule has 2 aromatic rings. The number of rotatable bonds is 4. The number of amides is 2. The number of nitrogens with zero attached hydrogens (tertiary/aromatic N) is 1. The zero-order valence-corrected chi connectivity index (χ0v) is 11.1. The summed E-state index contributed by atoms with van der Waals surface area (Å²) >= 11 is 0. The van der Waals surface area contributed by atoms with Gasteiger partial charge in [0.15, 0.2) is 0 Å². The molecule has 0 saturated carbocycles. The Morgan fingerprint density at radius 1 is 1.10 bits per heavy atom. The number of hydrogen-bond acceptors (Lipinski definition) is 3. The van der Waals surface area contributed by atoms with Gasteiger partial charge in [0.2, 0.25) is 0 Å². The zero-order valence-electron chi connectivity index (χ0n) is 11.1. The van der Waals surface area contributed by atoms with Crippen molar-refractivity contribution in [3.8, 4) is 11.5 Å². The number of para-hydroxylation sites is 1. The molecule has 5 heteroatoms. The summed E-state index contributed by atoms with van der Waals surface area (Å²) in [5.41, 5.74) is 5.77. The maximum Gasteiger partial charge on any atom is 0.339 e. The van der Waals surface area contributed by atoms with Crippen LogP contribution in [0.15, 0.2) is 54.6 Å². The van der Waals surface area contributed by atoms with E-state index < -0.39 is 12.1 Å². The fourth-order valence-electron chi connectivity index (χ4n) is 1.77. The van der Waals surface area contributed by atoms with Crippen molar-refractivity contribution in [3.05, 3.63) is 60.2 Å². The molecular formula is C15H16N2O3. The first-order valence-corrected chi connectivity index (χ1v) is 6.18. The smallest absolute Gasteiger partial charge is 0.339 e. The van der Waals surface area contributed by atoms with Crippen LogP contribution >= 0.6 is 0 Å². The van der Waals surface area contributed by atoms with Gasteiger partial charge in [-0.15, -0.1) is 0 Å². The van der Waals surface area contributed by atoms with Crippen LogP contribution in [0.25, 0.3) is 0 Å². The molecule has 20 heavy (non-hydrogen) atoms. The van der Waals surface area contributed by atoms with Gasteiger partial charge in [0.1, 0.15) is 11.5 Å². The van der Waals surface area contributed by atoms with Crippen LogP contribution < -0.4 is 10.5 Å². The van der Waals surface area contributed by atoms with Crippen molar-refractivity contribution in [1.82, 2.24) is 5.06 Å². The Morgan fingerprint density at radius 2 is 1.65 bits per heavy atom. The lowest BCUT2D eigenvalue weighted by Gasteiger charge is -2.20. The molecule has 0 fully saturated rings. The van der Waals surface area contributed by atoms with Crippen molar-refractivity contribution in [2.45, 2.75) is 13.0 Å². The van der Waals surface area contributed by atoms with Crippen LogP contribution in [-0.2, 0) is 0 Å². The zero-order chi connectivity index (χ0) is 14.5. The number of hydrogen-bond donors (Lipinski definition) is 2. The van der Waals surface area contributed by atoms with E-state index in [0.29, 0.717) is 10.8 Å². The molecular weight excluding hydrogens is 256 g/mol. The molecule has 0 heterocycles. The van der Waals surface area contributed by atoms with Crippen molar-refractivity contribution >= 4 is 6.03 Å². The number of carbonyl (C=O) groups excluding carboxylic acids is 1. The summed E-state index contributed by atoms with van der Waals surface area (Å²) in [5.74, 6) is 1.42. The molecule has 5 nitrogen and oxygen atoms in total. The van der Waals surface area contributed by atoms with Crippen molar-refractivity contribution in [2.24, 2.45) is 5.73 Å². The minimum absolute atomic E-state index is 0.493. The average Bonchev–Trinajstić information content (AvgIpc) is 2.47. The summed E-state index contributed by atoms with van der Waals surface area (Å²) in [6.45, 7) is 1.68. The van der Waals surface area contributed by atoms with Gasteiger partial charge in [-0.05, 0) is 36.8 Å². The molecule has 104 valence electrons. The normalized spacial score (nSPS) is 11.7. The molecule has 0 aliphatic heterocycles. The van der Waals surface area contributed by atoms with E-state index in [0.717, 1.165) is 11.3 Å². The summed E-state index contributed by atoms with van der Waals surface area (Å²) < 4.78 is 5.65. The van der Waals surface area contributed by atoms with Crippen LogP contribution in [0.3, 0.4) is 0 Å². The molecule has 2 amide bonds. The predicted octanol–water partition coefficient (Wildman–Crippen LogP) is 3.31. The van der Waals surface area contributed by atoms with Crippen LogP contribution in [0.1, 0.15) is 18.5 Å². The Bertz CT molecular complexity index is 569. The third kappa shape index (κ3) is 3.27. The number of benzene rings is 2. The van der Waals surface area contributed by atoms with Crippen LogP contribution in [0.4, 0.5) is 4.79 Å². The number of primary amides is 1. The highest BCUT2D eigenvalue weighted by molar-refractivity contribution is 5.71. The van der Waals surface area contributed by atoms with Gasteiger partial charge >= 0.3 is 6.03 Å². The number of hydroxylamine groups is 2. The number of urea groups is 1. The Kier molecular flexibility index (Phi) is 4.22. The van der Waals surface area contributed by atoms with Crippen LogP contribution in [0, 0.1) is 0 Å². The summed E-state index contributed by atoms with van der Waals surface area (Å²) in [6, 6.07) is 15.1. The van der Waals surface area contributed by atoms with Gasteiger partial charge in [-0.2, -0.15) is 5.06 Å². The van der Waals surface area contributed by atoms with Gasteiger partial charge in [0, 0.05) is 0 Å². The Labute approximate surface area is 117 Å². The topological polar surface area (TPSA) is 75.8 Å². The summed E-state index contributed by atoms with van der Waals surface area (Å²) in [6.07, 6.45) is 0. The van der Waals surface area contributed by atoms with Gasteiger partial charge in [-0.1, -0.05) is 30.3 Å². The fourth-order valence-corrected chi connectivity index (χ4v) is 1.77. The molecule has 0 spiro atoms. The van der Waals surface area contributed by atoms with Crippen molar-refractivity contribution < 1.29 is 14.7 Å². The van der Waals surface area contributed by atoms with E-state index in [9.17, 15) is 10.0 Å². The van der Waals surface area contributed by atoms with Gasteiger partial charge < -0.3 is 10.5 Å². The third-order valence-electron chi connectivity index (χ3n) is 2.93. The quantitative estimate of drug-likeness (QED) is 0.662. The van der Waals surface area contributed by atoms with Crippen molar-refractivity contribution in [1.29, 1.82) is 0 Å². The first-order chi connectivity index (χ1) is 9.58. The Morgan fingerprint density at radius 3 is 2.20 bits per heavy atom. The maximum absolute atomic E-state index is 10.9. The van der Waals surface area contributed by atoms with E-state index in [2.05, 4.69) is 0 Å². The molecule has 3 N–H and O–H groups in total. The first kappa shape index (κ1) is 13.9. The molecule has 0 saturated heterocycles. The standard InChI is InChI=1S/C15H16N2O3/c1-11(17(19)15(16)18)12-7-9-14(10-8-12)20-13-5-3-2-4-6-13/h2-11,19H,1H3,(H2,16,18). The lowest BCUT2D eigenvalue weighted by Crippen LogP contribution is -2.34. The second-order valence-corrected chi connectivity index (χ2v) is 4.34. The first-order valence-electron chi connectivity index (χ1n) is 6.18. The minimum atomic E-state index is -0.887. The summed E-state index contributed by atoms with van der Waals surface area (Å²) in [5, 5.41) is 9.97. The number of carbonyl (C=O) groups is 1. The summed E-state index contributed by atoms with van der Waals surface area (Å²) in [4.78, 5) is 10.9. The second-order valence-electron chi connectivity index (χ2n) is 4.34. The molecule has 0 aliphatic carbocycles. The SMILES string of the molecule is CC(c1ccc(Oc2ccccc2)cc1)N(O)C(N)=O. The molecule has 0 aliphatic rings. The van der Waals surface area contributed by atoms with Crippen LogP contribution in [0.2, 0.25) is 0 Å². The second kappa shape index (κ2) is 6.08. The van der Waals surface area contributed by atoms with E-state index in [4.69, 9.17) is 10.5 Å². The lowest BCUT2D eigenvalue weighted by molar-refractivity contribution is -0.0710. The Balaban J connectivity index is 2.08. The van der Waals surface area contributed by atoms with E-state index in [1.165, 1.54) is 0 Å². The predicted molar refractivity (Wildman–Crippen MR) is 74.6 cm³/mol. The highest BCUT2D eigenvalue weighted by atomic mass is 16.5. The third-order valence-corrected chi connectivity index (χ3v) is 2.93. The monoisotopic (exact) mass is 272 g/mol. The molecule has 2 rings (SSSR count). The number of nitrogens with two attached hydrogens (primary N) is 1. The van der Waals surface area contributed by atoms with Crippen molar-refractivity contribution in [3.63, 3.8) is 0 Å². The van der Waals surface area contributed by atoms with E-state index in [-0.39, 0.29) is 0 Å². The minimum Gasteiger partial charge on any atom is -0.457 e. The van der Waals surface area contributed by atoms with Gasteiger partial charge in [0.05, 0.1) is 6.04 Å². The molecule has 1 atom stereocenters. The van der Waals surface area contributed by atoms with Gasteiger partial charge in [-0.25, -0.2) is 4.79 Å². The van der Waals surface area contributed by atoms with Gasteiger partial charge in [0.25, 0.3) is 0 Å². The van der Waals surface area contributed by atoms with E-state index in [1.54, 1.807) is 31.2 Å². The molecule has 0 bridgehead atoms. The molecule has 0 radical (unpaired) electrons. The fraction of sp³-hybridized carbons (Fsp3) is 0.133. The van der Waals surface area contributed by atoms with Gasteiger partial charge in [-0.3, -0.25) is 5.21 Å². The maximum atomic E-state index is 10.9. The molecule has 0 aromatic heterocycles. The lowest BCUT2D eigenvalue weighted by atomic mass is 10.1. The summed E-state index contributed by atoms with van der Waals surface area (Å²) in [7, 11) is 0. The Hall–Kier alpha value is -2.53. The van der Waals surface area contributed by atoms with Crippen molar-refractivity contribution in [2.75, 3.05) is 0 Å². The van der Waals surface area contributed by atoms with E-state index >= 15 is 0 Å².